The summed E-state index contributed by atoms with van der Waals surface area (Å²) in [6.45, 7) is 4.40. The van der Waals surface area contributed by atoms with Crippen molar-refractivity contribution in [1.29, 1.82) is 0 Å². The van der Waals surface area contributed by atoms with Crippen LogP contribution in [0.25, 0.3) is 0 Å². The second kappa shape index (κ2) is 7.51. The fourth-order valence-corrected chi connectivity index (χ4v) is 2.53. The minimum atomic E-state index is -0.620. The maximum atomic E-state index is 12.5. The maximum Gasteiger partial charge on any atom is 0.230 e. The lowest BCUT2D eigenvalue weighted by Gasteiger charge is -2.24. The van der Waals surface area contributed by atoms with E-state index in [1.54, 1.807) is 7.11 Å². The number of carbonyl (C=O) groups excluding carboxylic acids is 1. The van der Waals surface area contributed by atoms with Crippen molar-refractivity contribution in [3.05, 3.63) is 64.7 Å². The lowest BCUT2D eigenvalue weighted by Crippen LogP contribution is -2.40. The number of nitrogens with one attached hydrogen (secondary N) is 1. The first-order valence-corrected chi connectivity index (χ1v) is 7.98. The van der Waals surface area contributed by atoms with Crippen LogP contribution in [0.2, 0.25) is 5.02 Å². The zero-order valence-electron chi connectivity index (χ0n) is 13.7. The summed E-state index contributed by atoms with van der Waals surface area (Å²) in [6.07, 6.45) is 0.779. The van der Waals surface area contributed by atoms with E-state index in [9.17, 15) is 4.79 Å². The highest BCUT2D eigenvalue weighted by Crippen LogP contribution is 2.25. The SMILES string of the molecule is COc1ccc(CCNC(=O)C(C)(C)c2cccc(Cl)c2)cc1. The second-order valence-corrected chi connectivity index (χ2v) is 6.43. The van der Waals surface area contributed by atoms with Crippen LogP contribution in [0.4, 0.5) is 0 Å². The smallest absolute Gasteiger partial charge is 0.230 e. The van der Waals surface area contributed by atoms with Crippen LogP contribution in [-0.4, -0.2) is 19.6 Å². The Hall–Kier alpha value is -2.00. The average molecular weight is 332 g/mol. The minimum Gasteiger partial charge on any atom is -0.497 e. The van der Waals surface area contributed by atoms with E-state index in [4.69, 9.17) is 16.3 Å². The van der Waals surface area contributed by atoms with Gasteiger partial charge in [0.25, 0.3) is 0 Å². The molecule has 3 nitrogen and oxygen atoms in total. The van der Waals surface area contributed by atoms with Crippen molar-refractivity contribution in [2.75, 3.05) is 13.7 Å². The van der Waals surface area contributed by atoms with Crippen LogP contribution >= 0.6 is 11.6 Å². The predicted octanol–water partition coefficient (Wildman–Crippen LogP) is 3.99. The number of hydrogen-bond donors (Lipinski definition) is 1. The van der Waals surface area contributed by atoms with Gasteiger partial charge in [0, 0.05) is 11.6 Å². The molecule has 0 atom stereocenters. The molecule has 0 aliphatic rings. The van der Waals surface area contributed by atoms with Crippen molar-refractivity contribution in [3.63, 3.8) is 0 Å². The van der Waals surface area contributed by atoms with Gasteiger partial charge in [0.15, 0.2) is 0 Å². The van der Waals surface area contributed by atoms with Crippen LogP contribution in [0.3, 0.4) is 0 Å². The molecule has 0 aliphatic carbocycles. The molecule has 0 bridgehead atoms. The van der Waals surface area contributed by atoms with E-state index in [1.165, 1.54) is 0 Å². The van der Waals surface area contributed by atoms with Gasteiger partial charge < -0.3 is 10.1 Å². The van der Waals surface area contributed by atoms with Crippen LogP contribution in [-0.2, 0) is 16.6 Å². The van der Waals surface area contributed by atoms with Gasteiger partial charge in [-0.3, -0.25) is 4.79 Å². The van der Waals surface area contributed by atoms with E-state index >= 15 is 0 Å². The zero-order chi connectivity index (χ0) is 16.9. The summed E-state index contributed by atoms with van der Waals surface area (Å²) in [5, 5.41) is 3.65. The van der Waals surface area contributed by atoms with Gasteiger partial charge in [0.2, 0.25) is 5.91 Å². The fourth-order valence-electron chi connectivity index (χ4n) is 2.34. The first-order valence-electron chi connectivity index (χ1n) is 7.61. The quantitative estimate of drug-likeness (QED) is 0.869. The third-order valence-electron chi connectivity index (χ3n) is 3.97. The first kappa shape index (κ1) is 17.4. The highest BCUT2D eigenvalue weighted by Gasteiger charge is 2.29. The second-order valence-electron chi connectivity index (χ2n) is 5.99. The molecule has 2 aromatic carbocycles. The molecule has 0 radical (unpaired) electrons. The van der Waals surface area contributed by atoms with E-state index in [-0.39, 0.29) is 5.91 Å². The number of methoxy groups -OCH3 is 1. The topological polar surface area (TPSA) is 38.3 Å². The third-order valence-corrected chi connectivity index (χ3v) is 4.21. The van der Waals surface area contributed by atoms with Gasteiger partial charge in [-0.1, -0.05) is 35.9 Å². The van der Waals surface area contributed by atoms with Gasteiger partial charge in [-0.15, -0.1) is 0 Å². The summed E-state index contributed by atoms with van der Waals surface area (Å²) >= 11 is 6.02. The number of benzene rings is 2. The number of halogens is 1. The summed E-state index contributed by atoms with van der Waals surface area (Å²) in [4.78, 5) is 12.5. The molecular formula is C19H22ClNO2. The molecule has 0 unspecified atom stereocenters. The van der Waals surface area contributed by atoms with Crippen LogP contribution < -0.4 is 10.1 Å². The lowest BCUT2D eigenvalue weighted by molar-refractivity contribution is -0.125. The molecule has 0 saturated carbocycles. The standard InChI is InChI=1S/C19H22ClNO2/c1-19(2,15-5-4-6-16(20)13-15)18(22)21-12-11-14-7-9-17(23-3)10-8-14/h4-10,13H,11-12H2,1-3H3,(H,21,22). The lowest BCUT2D eigenvalue weighted by atomic mass is 9.83. The number of rotatable bonds is 6. The van der Waals surface area contributed by atoms with E-state index in [0.717, 1.165) is 23.3 Å². The van der Waals surface area contributed by atoms with Crippen molar-refractivity contribution in [2.24, 2.45) is 0 Å². The van der Waals surface area contributed by atoms with E-state index in [0.29, 0.717) is 11.6 Å². The molecule has 2 rings (SSSR count). The largest absolute Gasteiger partial charge is 0.497 e. The number of ether oxygens (including phenoxy) is 1. The molecule has 1 N–H and O–H groups in total. The van der Waals surface area contributed by atoms with Gasteiger partial charge in [0.05, 0.1) is 12.5 Å². The van der Waals surface area contributed by atoms with E-state index in [2.05, 4.69) is 5.32 Å². The molecule has 122 valence electrons. The van der Waals surface area contributed by atoms with Gasteiger partial charge in [-0.2, -0.15) is 0 Å². The number of amides is 1. The molecule has 0 aromatic heterocycles. The summed E-state index contributed by atoms with van der Waals surface area (Å²) in [7, 11) is 1.65. The number of carbonyl (C=O) groups is 1. The highest BCUT2D eigenvalue weighted by molar-refractivity contribution is 6.30. The van der Waals surface area contributed by atoms with Crippen LogP contribution in [0.1, 0.15) is 25.0 Å². The highest BCUT2D eigenvalue weighted by atomic mass is 35.5. The van der Waals surface area contributed by atoms with Crippen LogP contribution in [0, 0.1) is 0 Å². The molecule has 2 aromatic rings. The van der Waals surface area contributed by atoms with Crippen molar-refractivity contribution >= 4 is 17.5 Å². The Morgan fingerprint density at radius 3 is 2.48 bits per heavy atom. The van der Waals surface area contributed by atoms with Gasteiger partial charge in [-0.05, 0) is 55.7 Å². The van der Waals surface area contributed by atoms with E-state index in [1.807, 2.05) is 62.4 Å². The van der Waals surface area contributed by atoms with Crippen LogP contribution in [0.15, 0.2) is 48.5 Å². The van der Waals surface area contributed by atoms with Gasteiger partial charge >= 0.3 is 0 Å². The third kappa shape index (κ3) is 4.49. The Morgan fingerprint density at radius 1 is 1.17 bits per heavy atom. The Balaban J connectivity index is 1.93. The van der Waals surface area contributed by atoms with Crippen molar-refractivity contribution in [1.82, 2.24) is 5.32 Å². The molecule has 4 heteroatoms. The average Bonchev–Trinajstić information content (AvgIpc) is 2.55. The Kier molecular flexibility index (Phi) is 5.67. The van der Waals surface area contributed by atoms with Gasteiger partial charge in [0.1, 0.15) is 5.75 Å². The monoisotopic (exact) mass is 331 g/mol. The molecule has 0 heterocycles. The first-order chi connectivity index (χ1) is 10.9. The summed E-state index contributed by atoms with van der Waals surface area (Å²) < 4.78 is 5.13. The fraction of sp³-hybridized carbons (Fsp3) is 0.316. The number of hydrogen-bond acceptors (Lipinski definition) is 2. The molecule has 0 spiro atoms. The predicted molar refractivity (Wildman–Crippen MR) is 94.2 cm³/mol. The van der Waals surface area contributed by atoms with Gasteiger partial charge in [-0.25, -0.2) is 0 Å². The molecule has 0 saturated heterocycles. The van der Waals surface area contributed by atoms with Crippen molar-refractivity contribution in [3.8, 4) is 5.75 Å². The van der Waals surface area contributed by atoms with E-state index < -0.39 is 5.41 Å². The minimum absolute atomic E-state index is 0.00622. The Morgan fingerprint density at radius 2 is 1.87 bits per heavy atom. The summed E-state index contributed by atoms with van der Waals surface area (Å²) in [5.74, 6) is 0.827. The molecule has 23 heavy (non-hydrogen) atoms. The molecule has 0 aliphatic heterocycles. The zero-order valence-corrected chi connectivity index (χ0v) is 14.5. The normalized spacial score (nSPS) is 11.1. The maximum absolute atomic E-state index is 12.5. The molecule has 1 amide bonds. The van der Waals surface area contributed by atoms with Crippen molar-refractivity contribution in [2.45, 2.75) is 25.7 Å². The van der Waals surface area contributed by atoms with Crippen LogP contribution in [0.5, 0.6) is 5.75 Å². The molecular weight excluding hydrogens is 310 g/mol. The Bertz CT molecular complexity index is 665. The van der Waals surface area contributed by atoms with Crippen molar-refractivity contribution < 1.29 is 9.53 Å². The summed E-state index contributed by atoms with van der Waals surface area (Å²) in [6, 6.07) is 15.3. The molecule has 0 fully saturated rings. The summed E-state index contributed by atoms with van der Waals surface area (Å²) in [5.41, 5.74) is 1.45. The Labute approximate surface area is 142 Å².